The minimum atomic E-state index is 0.583. The van der Waals surface area contributed by atoms with Gasteiger partial charge in [-0.25, -0.2) is 4.68 Å². The second kappa shape index (κ2) is 7.13. The summed E-state index contributed by atoms with van der Waals surface area (Å²) >= 11 is 0. The summed E-state index contributed by atoms with van der Waals surface area (Å²) in [6.45, 7) is 5.12. The molecule has 7 heteroatoms. The molecular weight excluding hydrogens is 328 g/mol. The van der Waals surface area contributed by atoms with Crippen LogP contribution in [0.1, 0.15) is 5.69 Å². The van der Waals surface area contributed by atoms with Crippen LogP contribution in [0.3, 0.4) is 0 Å². The van der Waals surface area contributed by atoms with Crippen molar-refractivity contribution in [3.63, 3.8) is 0 Å². The largest absolute Gasteiger partial charge is 0.378 e. The van der Waals surface area contributed by atoms with Gasteiger partial charge in [0.25, 0.3) is 0 Å². The Morgan fingerprint density at radius 1 is 1.00 bits per heavy atom. The summed E-state index contributed by atoms with van der Waals surface area (Å²) in [7, 11) is 1.83. The van der Waals surface area contributed by atoms with Crippen molar-refractivity contribution < 1.29 is 4.74 Å². The lowest BCUT2D eigenvalue weighted by atomic mass is 10.1. The lowest BCUT2D eigenvalue weighted by Crippen LogP contribution is -2.37. The van der Waals surface area contributed by atoms with E-state index >= 15 is 0 Å². The summed E-state index contributed by atoms with van der Waals surface area (Å²) < 4.78 is 7.32. The first-order valence-electron chi connectivity index (χ1n) is 8.76. The van der Waals surface area contributed by atoms with Gasteiger partial charge >= 0.3 is 0 Å². The SMILES string of the molecule is CNc1nc(N2CCOCC2)cc(-n2nc(-c3ccccc3)cc2C)n1. The number of rotatable bonds is 4. The third-order valence-corrected chi connectivity index (χ3v) is 4.43. The number of hydrogen-bond acceptors (Lipinski definition) is 6. The van der Waals surface area contributed by atoms with Gasteiger partial charge in [0.15, 0.2) is 5.82 Å². The van der Waals surface area contributed by atoms with Crippen LogP contribution in [0.2, 0.25) is 0 Å². The number of aromatic nitrogens is 4. The predicted molar refractivity (Wildman–Crippen MR) is 102 cm³/mol. The molecule has 0 amide bonds. The van der Waals surface area contributed by atoms with E-state index in [-0.39, 0.29) is 0 Å². The maximum atomic E-state index is 5.45. The fourth-order valence-electron chi connectivity index (χ4n) is 3.05. The maximum Gasteiger partial charge on any atom is 0.226 e. The number of anilines is 2. The first-order valence-corrected chi connectivity index (χ1v) is 8.76. The van der Waals surface area contributed by atoms with Crippen molar-refractivity contribution in [1.82, 2.24) is 19.7 Å². The number of morpholine rings is 1. The van der Waals surface area contributed by atoms with Gasteiger partial charge in [-0.1, -0.05) is 30.3 Å². The van der Waals surface area contributed by atoms with E-state index in [4.69, 9.17) is 9.84 Å². The first kappa shape index (κ1) is 16.5. The van der Waals surface area contributed by atoms with Crippen LogP contribution in [-0.4, -0.2) is 53.1 Å². The van der Waals surface area contributed by atoms with Gasteiger partial charge in [0.05, 0.1) is 18.9 Å². The van der Waals surface area contributed by atoms with E-state index in [2.05, 4.69) is 38.4 Å². The average Bonchev–Trinajstić information content (AvgIpc) is 3.10. The normalized spacial score (nSPS) is 14.5. The fourth-order valence-corrected chi connectivity index (χ4v) is 3.05. The van der Waals surface area contributed by atoms with Crippen molar-refractivity contribution in [2.75, 3.05) is 43.6 Å². The van der Waals surface area contributed by atoms with E-state index in [0.717, 1.165) is 41.7 Å². The molecule has 26 heavy (non-hydrogen) atoms. The molecule has 1 saturated heterocycles. The molecule has 0 bridgehead atoms. The highest BCUT2D eigenvalue weighted by Gasteiger charge is 2.17. The molecule has 3 aromatic rings. The molecule has 7 nitrogen and oxygen atoms in total. The Labute approximate surface area is 152 Å². The van der Waals surface area contributed by atoms with Gasteiger partial charge in [0, 0.05) is 37.5 Å². The van der Waals surface area contributed by atoms with Gasteiger partial charge in [0.1, 0.15) is 5.82 Å². The Morgan fingerprint density at radius 2 is 1.73 bits per heavy atom. The summed E-state index contributed by atoms with van der Waals surface area (Å²) in [5.41, 5.74) is 3.05. The third-order valence-electron chi connectivity index (χ3n) is 4.43. The lowest BCUT2D eigenvalue weighted by Gasteiger charge is -2.28. The highest BCUT2D eigenvalue weighted by Crippen LogP contribution is 2.23. The fraction of sp³-hybridized carbons (Fsp3) is 0.316. The number of nitrogens with zero attached hydrogens (tertiary/aromatic N) is 5. The highest BCUT2D eigenvalue weighted by atomic mass is 16.5. The summed E-state index contributed by atoms with van der Waals surface area (Å²) in [6, 6.07) is 14.2. The minimum absolute atomic E-state index is 0.583. The molecule has 0 atom stereocenters. The van der Waals surface area contributed by atoms with Crippen molar-refractivity contribution in [3.05, 3.63) is 48.2 Å². The molecule has 0 saturated carbocycles. The van der Waals surface area contributed by atoms with Crippen molar-refractivity contribution in [2.24, 2.45) is 0 Å². The monoisotopic (exact) mass is 350 g/mol. The summed E-state index contributed by atoms with van der Waals surface area (Å²) in [5, 5.41) is 7.82. The summed E-state index contributed by atoms with van der Waals surface area (Å²) in [6.07, 6.45) is 0. The molecule has 2 aromatic heterocycles. The lowest BCUT2D eigenvalue weighted by molar-refractivity contribution is 0.122. The Hall–Kier alpha value is -2.93. The molecule has 3 heterocycles. The number of benzene rings is 1. The zero-order valence-electron chi connectivity index (χ0n) is 15.0. The zero-order valence-corrected chi connectivity index (χ0v) is 15.0. The van der Waals surface area contributed by atoms with Crippen molar-refractivity contribution in [2.45, 2.75) is 6.92 Å². The van der Waals surface area contributed by atoms with Crippen molar-refractivity contribution >= 4 is 11.8 Å². The van der Waals surface area contributed by atoms with Crippen LogP contribution in [0, 0.1) is 6.92 Å². The average molecular weight is 350 g/mol. The van der Waals surface area contributed by atoms with Crippen molar-refractivity contribution in [1.29, 1.82) is 0 Å². The number of ether oxygens (including phenoxy) is 1. The van der Waals surface area contributed by atoms with E-state index in [1.165, 1.54) is 0 Å². The predicted octanol–water partition coefficient (Wildman–Crippen LogP) is 2.52. The van der Waals surface area contributed by atoms with Gasteiger partial charge in [-0.15, -0.1) is 0 Å². The number of aryl methyl sites for hydroxylation is 1. The Bertz CT molecular complexity index is 886. The van der Waals surface area contributed by atoms with E-state index in [1.54, 1.807) is 0 Å². The number of hydrogen-bond donors (Lipinski definition) is 1. The van der Waals surface area contributed by atoms with Crippen LogP contribution in [0.5, 0.6) is 0 Å². The summed E-state index contributed by atoms with van der Waals surface area (Å²) in [5.74, 6) is 2.23. The maximum absolute atomic E-state index is 5.45. The van der Waals surface area contributed by atoms with Crippen LogP contribution in [0.25, 0.3) is 17.1 Å². The molecule has 134 valence electrons. The summed E-state index contributed by atoms with van der Waals surface area (Å²) in [4.78, 5) is 11.4. The standard InChI is InChI=1S/C19H22N6O/c1-14-12-16(15-6-4-3-5-7-15)23-25(14)18-13-17(21-19(20-2)22-18)24-8-10-26-11-9-24/h3-7,12-13H,8-11H2,1-2H3,(H,20,21,22). The second-order valence-electron chi connectivity index (χ2n) is 6.21. The molecule has 0 spiro atoms. The molecule has 1 aliphatic rings. The van der Waals surface area contributed by atoms with E-state index in [0.29, 0.717) is 19.2 Å². The zero-order chi connectivity index (χ0) is 17.9. The van der Waals surface area contributed by atoms with Crippen LogP contribution < -0.4 is 10.2 Å². The molecule has 1 aromatic carbocycles. The van der Waals surface area contributed by atoms with Crippen LogP contribution in [-0.2, 0) is 4.74 Å². The second-order valence-corrected chi connectivity index (χ2v) is 6.21. The van der Waals surface area contributed by atoms with E-state index in [1.807, 2.05) is 42.9 Å². The third kappa shape index (κ3) is 3.25. The van der Waals surface area contributed by atoms with Crippen LogP contribution in [0.15, 0.2) is 42.5 Å². The number of nitrogens with one attached hydrogen (secondary N) is 1. The topological polar surface area (TPSA) is 68.1 Å². The van der Waals surface area contributed by atoms with Gasteiger partial charge in [-0.3, -0.25) is 0 Å². The smallest absolute Gasteiger partial charge is 0.226 e. The minimum Gasteiger partial charge on any atom is -0.378 e. The van der Waals surface area contributed by atoms with Crippen LogP contribution in [0.4, 0.5) is 11.8 Å². The molecule has 0 aliphatic carbocycles. The Morgan fingerprint density at radius 3 is 2.46 bits per heavy atom. The van der Waals surface area contributed by atoms with Crippen LogP contribution >= 0.6 is 0 Å². The van der Waals surface area contributed by atoms with Gasteiger partial charge in [0.2, 0.25) is 5.95 Å². The molecule has 1 N–H and O–H groups in total. The highest BCUT2D eigenvalue weighted by molar-refractivity contribution is 5.60. The van der Waals surface area contributed by atoms with Gasteiger partial charge in [-0.05, 0) is 13.0 Å². The molecule has 0 radical (unpaired) electrons. The Balaban J connectivity index is 1.74. The first-order chi connectivity index (χ1) is 12.7. The molecule has 4 rings (SSSR count). The van der Waals surface area contributed by atoms with Gasteiger partial charge in [-0.2, -0.15) is 15.1 Å². The van der Waals surface area contributed by atoms with E-state index < -0.39 is 0 Å². The quantitative estimate of drug-likeness (QED) is 0.780. The van der Waals surface area contributed by atoms with Gasteiger partial charge < -0.3 is 15.0 Å². The molecule has 1 aliphatic heterocycles. The van der Waals surface area contributed by atoms with E-state index in [9.17, 15) is 0 Å². The Kier molecular flexibility index (Phi) is 4.53. The molecule has 1 fully saturated rings. The molecular formula is C19H22N6O. The molecule has 0 unspecified atom stereocenters. The van der Waals surface area contributed by atoms with Crippen molar-refractivity contribution in [3.8, 4) is 17.1 Å².